The fourth-order valence-electron chi connectivity index (χ4n) is 7.01. The highest BCUT2D eigenvalue weighted by Crippen LogP contribution is 2.43. The molecule has 0 aromatic rings. The molecule has 60 heavy (non-hydrogen) atoms. The lowest BCUT2D eigenvalue weighted by atomic mass is 10.0. The minimum Gasteiger partial charge on any atom is -0.387 e. The SMILES string of the molecule is CCCCC/C=C/CC/C=C/CC/C=C/C(O)C(COP(=O)(O)OCC[N+](C)(C)C)NC(=O)CCCCCCCCCCCCCCC/C=C\CCCCCCCCCC. The smallest absolute Gasteiger partial charge is 0.387 e. The van der Waals surface area contributed by atoms with E-state index in [9.17, 15) is 19.4 Å². The summed E-state index contributed by atoms with van der Waals surface area (Å²) in [7, 11) is 1.54. The quantitative estimate of drug-likeness (QED) is 0.0244. The topological polar surface area (TPSA) is 105 Å². The van der Waals surface area contributed by atoms with Crippen molar-refractivity contribution >= 4 is 13.7 Å². The van der Waals surface area contributed by atoms with Crippen molar-refractivity contribution in [1.82, 2.24) is 5.32 Å². The molecule has 3 unspecified atom stereocenters. The molecule has 0 aliphatic carbocycles. The van der Waals surface area contributed by atoms with Crippen LogP contribution in [0.3, 0.4) is 0 Å². The molecule has 0 radical (unpaired) electrons. The van der Waals surface area contributed by atoms with E-state index in [1.807, 2.05) is 27.2 Å². The number of carbonyl (C=O) groups excluding carboxylic acids is 1. The number of aliphatic hydroxyl groups is 1. The number of rotatable bonds is 45. The predicted molar refractivity (Wildman–Crippen MR) is 258 cm³/mol. The van der Waals surface area contributed by atoms with E-state index < -0.39 is 20.0 Å². The average Bonchev–Trinajstić information content (AvgIpc) is 3.20. The summed E-state index contributed by atoms with van der Waals surface area (Å²) < 4.78 is 23.6. The number of aliphatic hydroxyl groups excluding tert-OH is 1. The van der Waals surface area contributed by atoms with Crippen LogP contribution in [0.2, 0.25) is 0 Å². The Balaban J connectivity index is 4.24. The van der Waals surface area contributed by atoms with Gasteiger partial charge in [0, 0.05) is 6.42 Å². The Morgan fingerprint density at radius 2 is 0.917 bits per heavy atom. The van der Waals surface area contributed by atoms with Gasteiger partial charge in [-0.25, -0.2) is 4.57 Å². The van der Waals surface area contributed by atoms with Crippen LogP contribution in [0.25, 0.3) is 0 Å². The molecule has 0 bridgehead atoms. The van der Waals surface area contributed by atoms with Crippen LogP contribution < -0.4 is 5.32 Å². The Hall–Kier alpha value is -1.54. The molecule has 1 amide bonds. The minimum absolute atomic E-state index is 0.0530. The van der Waals surface area contributed by atoms with Gasteiger partial charge in [-0.3, -0.25) is 13.8 Å². The normalized spacial score (nSPS) is 14.6. The lowest BCUT2D eigenvalue weighted by Gasteiger charge is -2.25. The summed E-state index contributed by atoms with van der Waals surface area (Å²) in [5, 5.41) is 13.8. The summed E-state index contributed by atoms with van der Waals surface area (Å²) in [6, 6.07) is -0.868. The molecule has 0 saturated carbocycles. The number of allylic oxidation sites excluding steroid dienone is 7. The Labute approximate surface area is 371 Å². The molecule has 0 fully saturated rings. The summed E-state index contributed by atoms with van der Waals surface area (Å²) in [4.78, 5) is 23.2. The Morgan fingerprint density at radius 3 is 1.37 bits per heavy atom. The van der Waals surface area contributed by atoms with Crippen molar-refractivity contribution in [3.63, 3.8) is 0 Å². The van der Waals surface area contributed by atoms with Gasteiger partial charge in [0.15, 0.2) is 0 Å². The van der Waals surface area contributed by atoms with E-state index in [4.69, 9.17) is 9.05 Å². The molecule has 0 aliphatic rings. The van der Waals surface area contributed by atoms with Crippen molar-refractivity contribution in [3.05, 3.63) is 48.6 Å². The number of amides is 1. The number of nitrogens with one attached hydrogen (secondary N) is 1. The van der Waals surface area contributed by atoms with E-state index >= 15 is 0 Å². The van der Waals surface area contributed by atoms with Crippen LogP contribution in [0.15, 0.2) is 48.6 Å². The van der Waals surface area contributed by atoms with Gasteiger partial charge < -0.3 is 19.8 Å². The Morgan fingerprint density at radius 1 is 0.550 bits per heavy atom. The Kier molecular flexibility index (Phi) is 41.6. The molecule has 9 heteroatoms. The van der Waals surface area contributed by atoms with E-state index in [2.05, 4.69) is 55.6 Å². The number of hydrogen-bond acceptors (Lipinski definition) is 5. The number of phosphoric acid groups is 1. The number of carbonyl (C=O) groups is 1. The molecule has 3 atom stereocenters. The highest BCUT2D eigenvalue weighted by molar-refractivity contribution is 7.47. The summed E-state index contributed by atoms with van der Waals surface area (Å²) in [6.07, 6.45) is 54.9. The zero-order chi connectivity index (χ0) is 44.3. The van der Waals surface area contributed by atoms with E-state index in [-0.39, 0.29) is 19.1 Å². The maximum Gasteiger partial charge on any atom is 0.472 e. The molecule has 0 saturated heterocycles. The first-order valence-electron chi connectivity index (χ1n) is 25.0. The lowest BCUT2D eigenvalue weighted by molar-refractivity contribution is -0.870. The molecular weight excluding hydrogens is 768 g/mol. The number of phosphoric ester groups is 1. The van der Waals surface area contributed by atoms with Crippen LogP contribution in [-0.2, 0) is 18.4 Å². The summed E-state index contributed by atoms with van der Waals surface area (Å²) in [6.45, 7) is 4.75. The number of hydrogen-bond donors (Lipinski definition) is 3. The van der Waals surface area contributed by atoms with Crippen molar-refractivity contribution in [2.24, 2.45) is 0 Å². The van der Waals surface area contributed by atoms with Crippen molar-refractivity contribution in [2.75, 3.05) is 40.9 Å². The Bertz CT molecular complexity index is 1120. The van der Waals surface area contributed by atoms with Gasteiger partial charge in [-0.15, -0.1) is 0 Å². The largest absolute Gasteiger partial charge is 0.472 e. The highest BCUT2D eigenvalue weighted by atomic mass is 31.2. The molecule has 3 N–H and O–H groups in total. The molecule has 0 heterocycles. The first kappa shape index (κ1) is 58.5. The monoisotopic (exact) mass is 866 g/mol. The number of quaternary nitrogens is 1. The molecule has 0 spiro atoms. The van der Waals surface area contributed by atoms with E-state index in [1.54, 1.807) is 6.08 Å². The minimum atomic E-state index is -4.35. The maximum absolute atomic E-state index is 12.9. The summed E-state index contributed by atoms with van der Waals surface area (Å²) >= 11 is 0. The fourth-order valence-corrected chi connectivity index (χ4v) is 7.74. The van der Waals surface area contributed by atoms with Crippen LogP contribution in [0.1, 0.15) is 219 Å². The van der Waals surface area contributed by atoms with Crippen LogP contribution in [-0.4, -0.2) is 73.4 Å². The molecule has 0 aliphatic heterocycles. The third-order valence-electron chi connectivity index (χ3n) is 11.0. The molecular formula is C51H98N2O6P+. The van der Waals surface area contributed by atoms with Gasteiger partial charge in [-0.2, -0.15) is 0 Å². The second-order valence-electron chi connectivity index (χ2n) is 18.2. The highest BCUT2D eigenvalue weighted by Gasteiger charge is 2.27. The van der Waals surface area contributed by atoms with Crippen molar-refractivity contribution in [2.45, 2.75) is 231 Å². The average molecular weight is 866 g/mol. The lowest BCUT2D eigenvalue weighted by Crippen LogP contribution is -2.45. The van der Waals surface area contributed by atoms with Gasteiger partial charge in [0.1, 0.15) is 13.2 Å². The summed E-state index contributed by atoms with van der Waals surface area (Å²) in [5.74, 6) is -0.192. The van der Waals surface area contributed by atoms with Gasteiger partial charge in [0.2, 0.25) is 5.91 Å². The molecule has 352 valence electrons. The first-order chi connectivity index (χ1) is 29.0. The van der Waals surface area contributed by atoms with Gasteiger partial charge in [-0.1, -0.05) is 191 Å². The van der Waals surface area contributed by atoms with Gasteiger partial charge in [-0.05, 0) is 70.6 Å². The van der Waals surface area contributed by atoms with Crippen molar-refractivity contribution in [3.8, 4) is 0 Å². The number of likely N-dealkylation sites (N-methyl/N-ethyl adjacent to an activating group) is 1. The molecule has 0 rings (SSSR count). The zero-order valence-corrected chi connectivity index (χ0v) is 40.8. The van der Waals surface area contributed by atoms with Crippen molar-refractivity contribution < 1.29 is 32.9 Å². The maximum atomic E-state index is 12.9. The van der Waals surface area contributed by atoms with E-state index in [1.165, 1.54) is 148 Å². The predicted octanol–water partition coefficient (Wildman–Crippen LogP) is 14.4. The molecule has 0 aromatic carbocycles. The van der Waals surface area contributed by atoms with Crippen LogP contribution in [0.5, 0.6) is 0 Å². The van der Waals surface area contributed by atoms with Crippen molar-refractivity contribution in [1.29, 1.82) is 0 Å². The third-order valence-corrected chi connectivity index (χ3v) is 12.0. The second-order valence-corrected chi connectivity index (χ2v) is 19.6. The summed E-state index contributed by atoms with van der Waals surface area (Å²) in [5.41, 5.74) is 0. The zero-order valence-electron chi connectivity index (χ0n) is 39.9. The standard InChI is InChI=1S/C51H97N2O6P/c1-6-8-10-12-14-16-18-20-21-22-23-24-25-26-27-28-29-30-31-33-35-37-39-41-43-45-51(55)52-49(48-59-60(56,57)58-47-46-53(3,4)5)50(54)44-42-40-38-36-34-32-19-17-15-13-11-9-7-2/h15,17,22-23,34,36,42,44,49-50,54H,6-14,16,18-21,24-33,35,37-41,43,45-48H2,1-5H3,(H-,52,55,56,57)/p+1/b17-15+,23-22-,36-34+,44-42+. The van der Waals surface area contributed by atoms with E-state index in [0.717, 1.165) is 51.4 Å². The van der Waals surface area contributed by atoms with Gasteiger partial charge in [0.25, 0.3) is 0 Å². The fraction of sp³-hybridized carbons (Fsp3) is 0.824. The third kappa shape index (κ3) is 44.5. The first-order valence-corrected chi connectivity index (χ1v) is 26.5. The molecule has 0 aromatic heterocycles. The van der Waals surface area contributed by atoms with Crippen LogP contribution >= 0.6 is 7.82 Å². The molecule has 8 nitrogen and oxygen atoms in total. The van der Waals surface area contributed by atoms with Crippen LogP contribution in [0.4, 0.5) is 0 Å². The number of unbranched alkanes of at least 4 members (excludes halogenated alkanes) is 26. The van der Waals surface area contributed by atoms with Gasteiger partial charge >= 0.3 is 7.82 Å². The van der Waals surface area contributed by atoms with Crippen LogP contribution in [0, 0.1) is 0 Å². The number of nitrogens with zero attached hydrogens (tertiary/aromatic N) is 1. The second kappa shape index (κ2) is 42.7. The van der Waals surface area contributed by atoms with E-state index in [0.29, 0.717) is 17.4 Å². The van der Waals surface area contributed by atoms with Gasteiger partial charge in [0.05, 0.1) is 39.9 Å².